The van der Waals surface area contributed by atoms with Crippen molar-refractivity contribution in [3.8, 4) is 0 Å². The first-order valence-electron chi connectivity index (χ1n) is 6.59. The van der Waals surface area contributed by atoms with Crippen LogP contribution < -0.4 is 0 Å². The van der Waals surface area contributed by atoms with Gasteiger partial charge in [0.25, 0.3) is 11.8 Å². The van der Waals surface area contributed by atoms with E-state index in [4.69, 9.17) is 0 Å². The Hall–Kier alpha value is -2.62. The molecule has 4 nitrogen and oxygen atoms in total. The van der Waals surface area contributed by atoms with Crippen molar-refractivity contribution >= 4 is 11.8 Å². The molecule has 4 heteroatoms. The van der Waals surface area contributed by atoms with E-state index in [1.54, 1.807) is 62.6 Å². The second-order valence-corrected chi connectivity index (χ2v) is 4.68. The maximum Gasteiger partial charge on any atom is 0.255 e. The van der Waals surface area contributed by atoms with Crippen molar-refractivity contribution in [2.45, 2.75) is 0 Å². The van der Waals surface area contributed by atoms with Gasteiger partial charge in [0.15, 0.2) is 0 Å². The summed E-state index contributed by atoms with van der Waals surface area (Å²) in [7, 11) is 3.26. The maximum absolute atomic E-state index is 12.2. The second kappa shape index (κ2) is 6.70. The molecule has 0 saturated heterocycles. The van der Waals surface area contributed by atoms with Gasteiger partial charge in [0.05, 0.1) is 0 Å². The summed E-state index contributed by atoms with van der Waals surface area (Å²) in [6.07, 6.45) is 0. The molecule has 0 heterocycles. The largest absolute Gasteiger partial charge is 0.317 e. The Labute approximate surface area is 124 Å². The van der Waals surface area contributed by atoms with E-state index in [1.807, 2.05) is 12.1 Å². The summed E-state index contributed by atoms with van der Waals surface area (Å²) in [5.41, 5.74) is 1.16. The number of rotatable bonds is 4. The summed E-state index contributed by atoms with van der Waals surface area (Å²) in [5.74, 6) is -0.327. The Morgan fingerprint density at radius 1 is 0.714 bits per heavy atom. The van der Waals surface area contributed by atoms with E-state index in [1.165, 1.54) is 16.5 Å². The molecule has 0 spiro atoms. The molecule has 0 aliphatic carbocycles. The van der Waals surface area contributed by atoms with Gasteiger partial charge in [0.1, 0.15) is 6.67 Å². The fourth-order valence-corrected chi connectivity index (χ4v) is 1.93. The Kier molecular flexibility index (Phi) is 4.72. The van der Waals surface area contributed by atoms with Crippen LogP contribution in [0.5, 0.6) is 0 Å². The molecule has 0 unspecified atom stereocenters. The van der Waals surface area contributed by atoms with Crippen LogP contribution >= 0.6 is 0 Å². The molecule has 0 aliphatic rings. The van der Waals surface area contributed by atoms with Gasteiger partial charge < -0.3 is 9.80 Å². The number of carbonyl (C=O) groups excluding carboxylic acids is 2. The van der Waals surface area contributed by atoms with Crippen LogP contribution in [0.25, 0.3) is 0 Å². The molecule has 2 aromatic carbocycles. The van der Waals surface area contributed by atoms with Gasteiger partial charge in [0, 0.05) is 25.2 Å². The highest BCUT2D eigenvalue weighted by molar-refractivity contribution is 5.96. The zero-order chi connectivity index (χ0) is 15.2. The van der Waals surface area contributed by atoms with Crippen LogP contribution in [0.2, 0.25) is 0 Å². The molecular weight excluding hydrogens is 264 g/mol. The molecule has 0 fully saturated rings. The number of carbonyl (C=O) groups is 2. The smallest absolute Gasteiger partial charge is 0.255 e. The van der Waals surface area contributed by atoms with Crippen molar-refractivity contribution in [3.63, 3.8) is 0 Å². The van der Waals surface area contributed by atoms with Crippen molar-refractivity contribution in [2.75, 3.05) is 14.1 Å². The van der Waals surface area contributed by atoms with Crippen molar-refractivity contribution < 1.29 is 9.59 Å². The zero-order valence-corrected chi connectivity index (χ0v) is 12.1. The molecule has 0 aliphatic heterocycles. The molecule has 2 amide bonds. The molecule has 0 saturated carbocycles. The molecule has 0 aromatic heterocycles. The number of benzene rings is 2. The molecule has 0 bridgehead atoms. The maximum atomic E-state index is 12.2. The zero-order valence-electron chi connectivity index (χ0n) is 12.1. The minimum Gasteiger partial charge on any atom is -0.317 e. The fraction of sp³-hybridized carbons (Fsp3) is 0.118. The van der Waals surface area contributed by atoms with Crippen molar-refractivity contribution in [1.82, 2.24) is 9.80 Å². The molecule has 107 valence electrons. The van der Waals surface area contributed by atoms with E-state index in [9.17, 15) is 9.59 Å². The van der Waals surface area contributed by atoms with E-state index < -0.39 is 0 Å². The van der Waals surface area contributed by atoms with Crippen LogP contribution in [0.15, 0.2) is 60.7 Å². The first-order valence-corrected chi connectivity index (χ1v) is 6.59. The van der Waals surface area contributed by atoms with Crippen LogP contribution in [0.4, 0.5) is 0 Å². The van der Waals surface area contributed by atoms with E-state index in [-0.39, 0.29) is 11.8 Å². The third-order valence-electron chi connectivity index (χ3n) is 3.03. The lowest BCUT2D eigenvalue weighted by Gasteiger charge is -2.23. The summed E-state index contributed by atoms with van der Waals surface area (Å²) in [6.45, 7) is 1.49. The van der Waals surface area contributed by atoms with Gasteiger partial charge >= 0.3 is 0 Å². The highest BCUT2D eigenvalue weighted by Crippen LogP contribution is 2.09. The Morgan fingerprint density at radius 2 is 1.05 bits per heavy atom. The van der Waals surface area contributed by atoms with Gasteiger partial charge in [-0.15, -0.1) is 0 Å². The topological polar surface area (TPSA) is 40.6 Å². The number of hydrogen-bond donors (Lipinski definition) is 0. The number of nitrogens with zero attached hydrogens (tertiary/aromatic N) is 2. The minimum absolute atomic E-state index is 0.164. The van der Waals surface area contributed by atoms with E-state index >= 15 is 0 Å². The predicted octanol–water partition coefficient (Wildman–Crippen LogP) is 2.65. The summed E-state index contributed by atoms with van der Waals surface area (Å²) < 4.78 is 0. The van der Waals surface area contributed by atoms with Gasteiger partial charge in [-0.05, 0) is 24.3 Å². The molecular formula is C17H17N2O2. The van der Waals surface area contributed by atoms with Gasteiger partial charge in [0.2, 0.25) is 0 Å². The molecule has 0 N–H and O–H groups in total. The summed E-state index contributed by atoms with van der Waals surface area (Å²) in [5, 5.41) is 0. The molecule has 2 aromatic rings. The average molecular weight is 281 g/mol. The highest BCUT2D eigenvalue weighted by atomic mass is 16.2. The number of hydrogen-bond acceptors (Lipinski definition) is 2. The Balaban J connectivity index is 2.01. The monoisotopic (exact) mass is 281 g/mol. The van der Waals surface area contributed by atoms with Crippen LogP contribution in [0, 0.1) is 6.67 Å². The lowest BCUT2D eigenvalue weighted by Crippen LogP contribution is -2.35. The summed E-state index contributed by atoms with van der Waals surface area (Å²) >= 11 is 0. The van der Waals surface area contributed by atoms with Gasteiger partial charge in [-0.1, -0.05) is 36.4 Å². The van der Waals surface area contributed by atoms with E-state index in [0.717, 1.165) is 0 Å². The second-order valence-electron chi connectivity index (χ2n) is 4.68. The highest BCUT2D eigenvalue weighted by Gasteiger charge is 2.17. The van der Waals surface area contributed by atoms with Crippen LogP contribution in [-0.2, 0) is 0 Å². The fourth-order valence-electron chi connectivity index (χ4n) is 1.93. The third-order valence-corrected chi connectivity index (χ3v) is 3.03. The van der Waals surface area contributed by atoms with E-state index in [0.29, 0.717) is 11.1 Å². The SMILES string of the molecule is CN([CH]N(C)C(=O)c1ccccc1)C(=O)c1ccccc1. The Morgan fingerprint density at radius 3 is 1.38 bits per heavy atom. The third kappa shape index (κ3) is 3.69. The Bertz CT molecular complexity index is 556. The summed E-state index contributed by atoms with van der Waals surface area (Å²) in [4.78, 5) is 27.2. The van der Waals surface area contributed by atoms with Gasteiger partial charge in [-0.3, -0.25) is 9.59 Å². The lowest BCUT2D eigenvalue weighted by molar-refractivity contribution is 0.0710. The van der Waals surface area contributed by atoms with Crippen molar-refractivity contribution in [3.05, 3.63) is 78.5 Å². The predicted molar refractivity (Wildman–Crippen MR) is 81.4 cm³/mol. The van der Waals surface area contributed by atoms with Crippen LogP contribution in [-0.4, -0.2) is 35.7 Å². The number of amides is 2. The standard InChI is InChI=1S/C17H17N2O2/c1-18(16(20)14-9-5-3-6-10-14)13-19(2)17(21)15-11-7-4-8-12-15/h3-13H,1-2H3. The quantitative estimate of drug-likeness (QED) is 0.864. The van der Waals surface area contributed by atoms with Crippen LogP contribution in [0.3, 0.4) is 0 Å². The minimum atomic E-state index is -0.164. The van der Waals surface area contributed by atoms with Gasteiger partial charge in [-0.2, -0.15) is 0 Å². The first-order chi connectivity index (χ1) is 10.1. The van der Waals surface area contributed by atoms with Crippen molar-refractivity contribution in [1.29, 1.82) is 0 Å². The average Bonchev–Trinajstić information content (AvgIpc) is 2.55. The normalized spacial score (nSPS) is 10.0. The molecule has 0 atom stereocenters. The lowest BCUT2D eigenvalue weighted by atomic mass is 10.2. The van der Waals surface area contributed by atoms with Gasteiger partial charge in [-0.25, -0.2) is 0 Å². The molecule has 2 rings (SSSR count). The van der Waals surface area contributed by atoms with Crippen molar-refractivity contribution in [2.24, 2.45) is 0 Å². The summed E-state index contributed by atoms with van der Waals surface area (Å²) in [6, 6.07) is 17.9. The first kappa shape index (κ1) is 14.8. The molecule has 21 heavy (non-hydrogen) atoms. The molecule has 1 radical (unpaired) electrons. The van der Waals surface area contributed by atoms with Crippen LogP contribution in [0.1, 0.15) is 20.7 Å². The van der Waals surface area contributed by atoms with E-state index in [2.05, 4.69) is 0 Å².